The first-order valence-corrected chi connectivity index (χ1v) is 12.2. The first kappa shape index (κ1) is 28.4. The molecule has 0 unspecified atom stereocenters. The molecule has 0 aliphatic rings. The van der Waals surface area contributed by atoms with Crippen molar-refractivity contribution in [2.24, 2.45) is 11.5 Å². The van der Waals surface area contributed by atoms with Gasteiger partial charge < -0.3 is 26.3 Å². The van der Waals surface area contributed by atoms with Crippen molar-refractivity contribution in [1.82, 2.24) is 25.6 Å². The minimum Gasteiger partial charge on any atom is -0.487 e. The largest absolute Gasteiger partial charge is 0.487 e. The van der Waals surface area contributed by atoms with E-state index in [9.17, 15) is 14.4 Å². The van der Waals surface area contributed by atoms with E-state index < -0.39 is 11.9 Å². The van der Waals surface area contributed by atoms with Crippen molar-refractivity contribution in [3.8, 4) is 5.75 Å². The monoisotopic (exact) mass is 523 g/mol. The Bertz CT molecular complexity index is 1210. The Morgan fingerprint density at radius 2 is 1.84 bits per heavy atom. The lowest BCUT2D eigenvalue weighted by Crippen LogP contribution is -2.45. The number of benzene rings is 2. The molecule has 6 N–H and O–H groups in total. The van der Waals surface area contributed by atoms with Crippen LogP contribution in [0.15, 0.2) is 54.7 Å². The molecule has 12 nitrogen and oxygen atoms in total. The van der Waals surface area contributed by atoms with E-state index >= 15 is 0 Å². The summed E-state index contributed by atoms with van der Waals surface area (Å²) >= 11 is 0. The molecule has 1 heterocycles. The first-order valence-electron chi connectivity index (χ1n) is 12.2. The lowest BCUT2D eigenvalue weighted by Gasteiger charge is -2.14. The van der Waals surface area contributed by atoms with Crippen LogP contribution >= 0.6 is 0 Å². The molecule has 1 atom stereocenters. The van der Waals surface area contributed by atoms with Gasteiger partial charge in [-0.3, -0.25) is 19.7 Å². The number of primary amides is 1. The summed E-state index contributed by atoms with van der Waals surface area (Å²) < 4.78 is 13.0. The molecule has 0 spiro atoms. The van der Waals surface area contributed by atoms with E-state index in [1.165, 1.54) is 6.92 Å². The van der Waals surface area contributed by atoms with E-state index in [0.29, 0.717) is 55.3 Å². The SMILES string of the molecule is CC(=O)c1cccc(C(=O)NCCOCCn2cc(COc3ccc(C[C@H](NCN)C(N)=O)cc3)nn2)c1. The highest BCUT2D eigenvalue weighted by Crippen LogP contribution is 2.15. The molecule has 0 saturated heterocycles. The molecule has 0 aliphatic heterocycles. The summed E-state index contributed by atoms with van der Waals surface area (Å²) in [6.07, 6.45) is 2.21. The second kappa shape index (κ2) is 14.6. The molecule has 0 fully saturated rings. The molecule has 0 aliphatic carbocycles. The summed E-state index contributed by atoms with van der Waals surface area (Å²) in [6.45, 7) is 3.43. The quantitative estimate of drug-likeness (QED) is 0.118. The number of carbonyl (C=O) groups is 3. The summed E-state index contributed by atoms with van der Waals surface area (Å²) in [5, 5.41) is 13.8. The predicted octanol–water partition coefficient (Wildman–Crippen LogP) is 0.409. The van der Waals surface area contributed by atoms with E-state index in [-0.39, 0.29) is 25.0 Å². The second-order valence-electron chi connectivity index (χ2n) is 8.48. The van der Waals surface area contributed by atoms with E-state index in [1.807, 2.05) is 24.3 Å². The molecule has 1 aromatic heterocycles. The van der Waals surface area contributed by atoms with E-state index in [4.69, 9.17) is 20.9 Å². The molecular formula is C26H33N7O5. The van der Waals surface area contributed by atoms with Crippen molar-refractivity contribution < 1.29 is 23.9 Å². The highest BCUT2D eigenvalue weighted by atomic mass is 16.5. The highest BCUT2D eigenvalue weighted by molar-refractivity contribution is 5.99. The summed E-state index contributed by atoms with van der Waals surface area (Å²) in [5.41, 5.74) is 13.3. The van der Waals surface area contributed by atoms with E-state index in [1.54, 1.807) is 35.1 Å². The number of nitrogens with zero attached hydrogens (tertiary/aromatic N) is 3. The van der Waals surface area contributed by atoms with Gasteiger partial charge in [0.15, 0.2) is 5.78 Å². The van der Waals surface area contributed by atoms with Crippen molar-refractivity contribution in [2.75, 3.05) is 26.4 Å². The van der Waals surface area contributed by atoms with Crippen LogP contribution in [-0.4, -0.2) is 65.1 Å². The zero-order valence-corrected chi connectivity index (χ0v) is 21.3. The Balaban J connectivity index is 1.33. The third-order valence-electron chi connectivity index (χ3n) is 5.57. The van der Waals surface area contributed by atoms with Gasteiger partial charge in [0.2, 0.25) is 5.91 Å². The van der Waals surface area contributed by atoms with Gasteiger partial charge in [-0.2, -0.15) is 0 Å². The number of ether oxygens (including phenoxy) is 2. The highest BCUT2D eigenvalue weighted by Gasteiger charge is 2.14. The van der Waals surface area contributed by atoms with Crippen LogP contribution in [0.2, 0.25) is 0 Å². The third-order valence-corrected chi connectivity index (χ3v) is 5.57. The number of hydrogen-bond acceptors (Lipinski definition) is 9. The van der Waals surface area contributed by atoms with Gasteiger partial charge in [-0.1, -0.05) is 29.5 Å². The number of aromatic nitrogens is 3. The topological polar surface area (TPSA) is 176 Å². The van der Waals surface area contributed by atoms with Crippen molar-refractivity contribution >= 4 is 17.6 Å². The van der Waals surface area contributed by atoms with Gasteiger partial charge in [0.05, 0.1) is 32.0 Å². The molecule has 3 aromatic rings. The van der Waals surface area contributed by atoms with Crippen LogP contribution in [0.1, 0.15) is 38.9 Å². The Morgan fingerprint density at radius 1 is 1.08 bits per heavy atom. The molecule has 0 radical (unpaired) electrons. The van der Waals surface area contributed by atoms with Gasteiger partial charge in [-0.15, -0.1) is 5.10 Å². The number of hydrogen-bond donors (Lipinski definition) is 4. The molecule has 0 bridgehead atoms. The molecule has 202 valence electrons. The van der Waals surface area contributed by atoms with Gasteiger partial charge >= 0.3 is 0 Å². The van der Waals surface area contributed by atoms with Crippen molar-refractivity contribution in [1.29, 1.82) is 0 Å². The molecule has 38 heavy (non-hydrogen) atoms. The van der Waals surface area contributed by atoms with Crippen molar-refractivity contribution in [3.63, 3.8) is 0 Å². The Kier molecular flexibility index (Phi) is 10.9. The average Bonchev–Trinajstić information content (AvgIpc) is 3.37. The minimum atomic E-state index is -0.527. The lowest BCUT2D eigenvalue weighted by molar-refractivity contribution is -0.120. The zero-order valence-electron chi connectivity index (χ0n) is 21.3. The van der Waals surface area contributed by atoms with Gasteiger partial charge in [-0.25, -0.2) is 4.68 Å². The Labute approximate surface area is 220 Å². The van der Waals surface area contributed by atoms with Crippen LogP contribution in [0.3, 0.4) is 0 Å². The molecule has 0 saturated carbocycles. The molecule has 2 amide bonds. The van der Waals surface area contributed by atoms with Gasteiger partial charge in [-0.05, 0) is 43.2 Å². The second-order valence-corrected chi connectivity index (χ2v) is 8.48. The van der Waals surface area contributed by atoms with E-state index in [0.717, 1.165) is 5.56 Å². The smallest absolute Gasteiger partial charge is 0.251 e. The summed E-state index contributed by atoms with van der Waals surface area (Å²) in [5.74, 6) is -0.146. The maximum Gasteiger partial charge on any atom is 0.251 e. The number of nitrogens with one attached hydrogen (secondary N) is 2. The third kappa shape index (κ3) is 9.07. The molecule has 2 aromatic carbocycles. The molecular weight excluding hydrogens is 490 g/mol. The van der Waals surface area contributed by atoms with Crippen molar-refractivity contribution in [2.45, 2.75) is 32.5 Å². The number of Topliss-reactive ketones (excluding diaryl/α,β-unsaturated/α-hetero) is 1. The van der Waals surface area contributed by atoms with Crippen LogP contribution in [-0.2, 0) is 29.1 Å². The Hall–Kier alpha value is -4.13. The fraction of sp³-hybridized carbons (Fsp3) is 0.346. The van der Waals surface area contributed by atoms with E-state index in [2.05, 4.69) is 20.9 Å². The average molecular weight is 524 g/mol. The summed E-state index contributed by atoms with van der Waals surface area (Å²) in [4.78, 5) is 35.1. The number of rotatable bonds is 16. The predicted molar refractivity (Wildman–Crippen MR) is 139 cm³/mol. The maximum absolute atomic E-state index is 12.2. The van der Waals surface area contributed by atoms with Gasteiger partial charge in [0.25, 0.3) is 5.91 Å². The van der Waals surface area contributed by atoms with Crippen molar-refractivity contribution in [3.05, 3.63) is 77.1 Å². The standard InChI is InChI=1S/C26H33N7O5/c1-18(34)20-3-2-4-21(14-20)26(36)29-9-11-37-12-10-33-15-22(31-32-33)16-38-23-7-5-19(6-8-23)13-24(25(28)35)30-17-27/h2-8,14-15,24,30H,9-13,16-17,27H2,1H3,(H2,28,35)(H,29,36)/t24-/m0/s1. The molecule has 12 heteroatoms. The van der Waals surface area contributed by atoms with Gasteiger partial charge in [0.1, 0.15) is 18.1 Å². The number of amides is 2. The van der Waals surface area contributed by atoms with Crippen LogP contribution in [0.25, 0.3) is 0 Å². The number of ketones is 1. The summed E-state index contributed by atoms with van der Waals surface area (Å²) in [7, 11) is 0. The van der Waals surface area contributed by atoms with Crippen LogP contribution in [0.4, 0.5) is 0 Å². The normalized spacial score (nSPS) is 11.6. The number of nitrogens with two attached hydrogens (primary N) is 2. The maximum atomic E-state index is 12.2. The fourth-order valence-corrected chi connectivity index (χ4v) is 3.52. The lowest BCUT2D eigenvalue weighted by atomic mass is 10.1. The Morgan fingerprint density at radius 3 is 2.55 bits per heavy atom. The van der Waals surface area contributed by atoms with Crippen LogP contribution in [0.5, 0.6) is 5.75 Å². The summed E-state index contributed by atoms with van der Waals surface area (Å²) in [6, 6.07) is 13.4. The van der Waals surface area contributed by atoms with Gasteiger partial charge in [0, 0.05) is 24.3 Å². The molecule has 3 rings (SSSR count). The van der Waals surface area contributed by atoms with Crippen LogP contribution < -0.4 is 26.8 Å². The fourth-order valence-electron chi connectivity index (χ4n) is 3.52. The minimum absolute atomic E-state index is 0.0897. The number of carbonyl (C=O) groups excluding carboxylic acids is 3. The zero-order chi connectivity index (χ0) is 27.3. The van der Waals surface area contributed by atoms with Crippen LogP contribution in [0, 0.1) is 0 Å². The first-order chi connectivity index (χ1) is 18.4.